The van der Waals surface area contributed by atoms with E-state index in [1.54, 1.807) is 0 Å². The van der Waals surface area contributed by atoms with Crippen LogP contribution in [0.25, 0.3) is 0 Å². The molecule has 1 aromatic rings. The molecule has 0 aliphatic carbocycles. The highest BCUT2D eigenvalue weighted by atomic mass is 32.2. The number of sulfone groups is 1. The van der Waals surface area contributed by atoms with Crippen molar-refractivity contribution in [3.05, 3.63) is 35.4 Å². The van der Waals surface area contributed by atoms with Crippen molar-refractivity contribution in [2.45, 2.75) is 31.3 Å². The number of rotatable bonds is 2. The predicted octanol–water partition coefficient (Wildman–Crippen LogP) is 0.567. The molecule has 0 spiro atoms. The fourth-order valence-electron chi connectivity index (χ4n) is 3.07. The van der Waals surface area contributed by atoms with Gasteiger partial charge in [0, 0.05) is 19.1 Å². The quantitative estimate of drug-likeness (QED) is 0.837. The maximum Gasteiger partial charge on any atom is 0.229 e. The summed E-state index contributed by atoms with van der Waals surface area (Å²) in [7, 11) is -2.89. The first-order chi connectivity index (χ1) is 10.1. The van der Waals surface area contributed by atoms with E-state index in [2.05, 4.69) is 10.6 Å². The second kappa shape index (κ2) is 5.77. The molecular formula is C15H20N2O3S. The summed E-state index contributed by atoms with van der Waals surface area (Å²) in [6.45, 7) is 1.43. The topological polar surface area (TPSA) is 75.3 Å². The van der Waals surface area contributed by atoms with Crippen molar-refractivity contribution < 1.29 is 13.2 Å². The second-order valence-corrected chi connectivity index (χ2v) is 8.12. The molecule has 0 bridgehead atoms. The monoisotopic (exact) mass is 308 g/mol. The molecule has 1 amide bonds. The number of amides is 1. The molecule has 1 unspecified atom stereocenters. The van der Waals surface area contributed by atoms with Gasteiger partial charge < -0.3 is 10.6 Å². The van der Waals surface area contributed by atoms with E-state index in [1.807, 2.05) is 24.3 Å². The first-order valence-electron chi connectivity index (χ1n) is 7.34. The lowest BCUT2D eigenvalue weighted by Crippen LogP contribution is -2.45. The van der Waals surface area contributed by atoms with Crippen molar-refractivity contribution in [1.29, 1.82) is 0 Å². The Morgan fingerprint density at radius 3 is 2.67 bits per heavy atom. The zero-order valence-electron chi connectivity index (χ0n) is 11.8. The average molecular weight is 308 g/mol. The van der Waals surface area contributed by atoms with Gasteiger partial charge >= 0.3 is 0 Å². The molecule has 21 heavy (non-hydrogen) atoms. The van der Waals surface area contributed by atoms with Crippen LogP contribution in [-0.2, 0) is 21.2 Å². The zero-order valence-corrected chi connectivity index (χ0v) is 12.7. The lowest BCUT2D eigenvalue weighted by molar-refractivity contribution is -0.123. The lowest BCUT2D eigenvalue weighted by atomic mass is 9.90. The molecule has 0 radical (unpaired) electrons. The smallest absolute Gasteiger partial charge is 0.229 e. The summed E-state index contributed by atoms with van der Waals surface area (Å²) < 4.78 is 22.8. The van der Waals surface area contributed by atoms with Crippen molar-refractivity contribution in [3.63, 3.8) is 0 Å². The Bertz CT molecular complexity index is 628. The van der Waals surface area contributed by atoms with E-state index in [-0.39, 0.29) is 29.4 Å². The molecule has 2 aliphatic heterocycles. The molecule has 1 fully saturated rings. The van der Waals surface area contributed by atoms with Gasteiger partial charge in [-0.15, -0.1) is 0 Å². The maximum atomic E-state index is 12.5. The van der Waals surface area contributed by atoms with Gasteiger partial charge in [0.2, 0.25) is 5.91 Å². The number of hydrogen-bond acceptors (Lipinski definition) is 4. The Morgan fingerprint density at radius 2 is 1.90 bits per heavy atom. The molecule has 6 heteroatoms. The summed E-state index contributed by atoms with van der Waals surface area (Å²) in [6, 6.07) is 7.96. The third kappa shape index (κ3) is 3.27. The fraction of sp³-hybridized carbons (Fsp3) is 0.533. The number of hydrogen-bond donors (Lipinski definition) is 2. The van der Waals surface area contributed by atoms with E-state index in [1.165, 1.54) is 0 Å². The number of nitrogens with one attached hydrogen (secondary N) is 2. The van der Waals surface area contributed by atoms with Crippen LogP contribution in [0.15, 0.2) is 24.3 Å². The van der Waals surface area contributed by atoms with Crippen LogP contribution in [0.2, 0.25) is 0 Å². The minimum Gasteiger partial charge on any atom is -0.353 e. The largest absolute Gasteiger partial charge is 0.353 e. The first-order valence-corrected chi connectivity index (χ1v) is 9.16. The van der Waals surface area contributed by atoms with Crippen LogP contribution >= 0.6 is 0 Å². The molecule has 2 N–H and O–H groups in total. The van der Waals surface area contributed by atoms with Crippen molar-refractivity contribution >= 4 is 15.7 Å². The summed E-state index contributed by atoms with van der Waals surface area (Å²) in [5, 5.41) is 6.29. The predicted molar refractivity (Wildman–Crippen MR) is 80.7 cm³/mol. The lowest BCUT2D eigenvalue weighted by Gasteiger charge is -2.29. The molecule has 1 saturated heterocycles. The third-order valence-electron chi connectivity index (χ3n) is 4.31. The summed E-state index contributed by atoms with van der Waals surface area (Å²) in [6.07, 6.45) is 1.05. The molecule has 0 aromatic heterocycles. The van der Waals surface area contributed by atoms with E-state index < -0.39 is 9.84 Å². The molecule has 3 rings (SSSR count). The maximum absolute atomic E-state index is 12.5. The zero-order chi connectivity index (χ0) is 14.9. The van der Waals surface area contributed by atoms with Gasteiger partial charge in [-0.3, -0.25) is 4.79 Å². The highest BCUT2D eigenvalue weighted by molar-refractivity contribution is 7.91. The number of carbonyl (C=O) groups excluding carboxylic acids is 1. The van der Waals surface area contributed by atoms with Crippen LogP contribution < -0.4 is 10.6 Å². The van der Waals surface area contributed by atoms with Gasteiger partial charge in [0.1, 0.15) is 9.84 Å². The molecule has 114 valence electrons. The van der Waals surface area contributed by atoms with Crippen LogP contribution in [0.5, 0.6) is 0 Å². The van der Waals surface area contributed by atoms with Crippen LogP contribution in [0, 0.1) is 0 Å². The van der Waals surface area contributed by atoms with Crippen LogP contribution in [-0.4, -0.2) is 38.4 Å². The molecule has 1 aromatic carbocycles. The summed E-state index contributed by atoms with van der Waals surface area (Å²) in [5.41, 5.74) is 2.24. The van der Waals surface area contributed by atoms with Gasteiger partial charge in [-0.05, 0) is 24.0 Å². The van der Waals surface area contributed by atoms with Crippen LogP contribution in [0.3, 0.4) is 0 Å². The van der Waals surface area contributed by atoms with Crippen molar-refractivity contribution in [2.75, 3.05) is 18.1 Å². The molecule has 5 nitrogen and oxygen atoms in total. The fourth-order valence-corrected chi connectivity index (χ4v) is 4.56. The van der Waals surface area contributed by atoms with Crippen molar-refractivity contribution in [3.8, 4) is 0 Å². The Labute approximate surface area is 125 Å². The third-order valence-corrected chi connectivity index (χ3v) is 6.03. The first kappa shape index (κ1) is 14.5. The molecular weight excluding hydrogens is 288 g/mol. The van der Waals surface area contributed by atoms with Gasteiger partial charge in [-0.1, -0.05) is 24.3 Å². The van der Waals surface area contributed by atoms with Gasteiger partial charge in [0.25, 0.3) is 0 Å². The SMILES string of the molecule is O=C(NC1CCS(=O)(=O)CC1)C1CNCc2ccccc21. The van der Waals surface area contributed by atoms with Gasteiger partial charge in [0.15, 0.2) is 0 Å². The summed E-state index contributed by atoms with van der Waals surface area (Å²) in [4.78, 5) is 12.5. The van der Waals surface area contributed by atoms with Gasteiger partial charge in [-0.25, -0.2) is 8.42 Å². The van der Waals surface area contributed by atoms with Crippen LogP contribution in [0.4, 0.5) is 0 Å². The average Bonchev–Trinajstić information content (AvgIpc) is 2.49. The number of carbonyl (C=O) groups is 1. The van der Waals surface area contributed by atoms with E-state index in [4.69, 9.17) is 0 Å². The van der Waals surface area contributed by atoms with Crippen LogP contribution in [0.1, 0.15) is 29.9 Å². The highest BCUT2D eigenvalue weighted by Gasteiger charge is 2.30. The van der Waals surface area contributed by atoms with Crippen molar-refractivity contribution in [2.24, 2.45) is 0 Å². The van der Waals surface area contributed by atoms with Gasteiger partial charge in [-0.2, -0.15) is 0 Å². The second-order valence-electron chi connectivity index (χ2n) is 5.82. The molecule has 0 saturated carbocycles. The Kier molecular flexibility index (Phi) is 3.99. The molecule has 1 atom stereocenters. The normalized spacial score (nSPS) is 25.0. The van der Waals surface area contributed by atoms with E-state index in [0.29, 0.717) is 19.4 Å². The Balaban J connectivity index is 1.67. The Hall–Kier alpha value is -1.40. The number of fused-ring (bicyclic) bond motifs is 1. The molecule has 2 heterocycles. The molecule has 2 aliphatic rings. The highest BCUT2D eigenvalue weighted by Crippen LogP contribution is 2.24. The standard InChI is InChI=1S/C15H20N2O3S/c18-15(17-12-5-7-21(19,20)8-6-12)14-10-16-9-11-3-1-2-4-13(11)14/h1-4,12,14,16H,5-10H2,(H,17,18). The van der Waals surface area contributed by atoms with Crippen molar-refractivity contribution in [1.82, 2.24) is 10.6 Å². The minimum absolute atomic E-state index is 0.000974. The summed E-state index contributed by atoms with van der Waals surface area (Å²) in [5.74, 6) is 0.168. The van der Waals surface area contributed by atoms with E-state index in [9.17, 15) is 13.2 Å². The Morgan fingerprint density at radius 1 is 1.19 bits per heavy atom. The van der Waals surface area contributed by atoms with E-state index >= 15 is 0 Å². The van der Waals surface area contributed by atoms with E-state index in [0.717, 1.165) is 17.7 Å². The van der Waals surface area contributed by atoms with Gasteiger partial charge in [0.05, 0.1) is 17.4 Å². The summed E-state index contributed by atoms with van der Waals surface area (Å²) >= 11 is 0. The minimum atomic E-state index is -2.89. The number of benzene rings is 1.